The summed E-state index contributed by atoms with van der Waals surface area (Å²) in [6.45, 7) is 0. The molecule has 0 aliphatic carbocycles. The molecular weight excluding hydrogens is 320 g/mol. The lowest BCUT2D eigenvalue weighted by Gasteiger charge is -2.10. The Bertz CT molecular complexity index is 1550. The predicted molar refractivity (Wildman–Crippen MR) is 109 cm³/mol. The molecule has 122 valence electrons. The maximum atomic E-state index is 13.1. The molecule has 3 heteroatoms. The molecule has 0 fully saturated rings. The molecule has 0 bridgehead atoms. The van der Waals surface area contributed by atoms with Crippen LogP contribution in [-0.2, 0) is 0 Å². The molecule has 4 aromatic carbocycles. The molecule has 0 atom stereocenters. The molecule has 2 heterocycles. The number of rotatable bonds is 0. The highest BCUT2D eigenvalue weighted by Crippen LogP contribution is 2.39. The lowest BCUT2D eigenvalue weighted by atomic mass is 9.95. The summed E-state index contributed by atoms with van der Waals surface area (Å²) in [6, 6.07) is 24.5. The second-order valence-corrected chi connectivity index (χ2v) is 6.72. The van der Waals surface area contributed by atoms with Crippen molar-refractivity contribution in [1.29, 1.82) is 0 Å². The van der Waals surface area contributed by atoms with E-state index in [0.717, 1.165) is 54.3 Å². The minimum absolute atomic E-state index is 0.0424. The van der Waals surface area contributed by atoms with E-state index in [1.54, 1.807) is 0 Å². The fourth-order valence-electron chi connectivity index (χ4n) is 4.28. The van der Waals surface area contributed by atoms with Gasteiger partial charge in [-0.15, -0.1) is 0 Å². The molecular formula is C23H14N2O. The quantitative estimate of drug-likeness (QED) is 0.356. The van der Waals surface area contributed by atoms with Gasteiger partial charge in [-0.1, -0.05) is 60.7 Å². The monoisotopic (exact) mass is 334 g/mol. The summed E-state index contributed by atoms with van der Waals surface area (Å²) in [5.74, 6) is 0. The van der Waals surface area contributed by atoms with E-state index in [-0.39, 0.29) is 5.56 Å². The molecule has 0 saturated carbocycles. The Kier molecular flexibility index (Phi) is 2.49. The van der Waals surface area contributed by atoms with Crippen LogP contribution >= 0.6 is 0 Å². The summed E-state index contributed by atoms with van der Waals surface area (Å²) >= 11 is 0. The number of para-hydroxylation sites is 2. The average Bonchev–Trinajstić information content (AvgIpc) is 3.07. The van der Waals surface area contributed by atoms with Crippen molar-refractivity contribution in [2.24, 2.45) is 0 Å². The van der Waals surface area contributed by atoms with Crippen LogP contribution in [-0.4, -0.2) is 9.97 Å². The van der Waals surface area contributed by atoms with Crippen molar-refractivity contribution in [3.8, 4) is 0 Å². The number of H-pyrrole nitrogens is 2. The topological polar surface area (TPSA) is 48.6 Å². The van der Waals surface area contributed by atoms with Crippen molar-refractivity contribution in [2.75, 3.05) is 0 Å². The number of benzene rings is 4. The van der Waals surface area contributed by atoms with Gasteiger partial charge in [0, 0.05) is 38.0 Å². The van der Waals surface area contributed by atoms with Gasteiger partial charge in [-0.05, 0) is 17.5 Å². The number of pyridine rings is 1. The summed E-state index contributed by atoms with van der Waals surface area (Å²) in [5, 5.41) is 7.18. The van der Waals surface area contributed by atoms with Gasteiger partial charge in [-0.2, -0.15) is 0 Å². The van der Waals surface area contributed by atoms with Gasteiger partial charge < -0.3 is 9.97 Å². The minimum atomic E-state index is -0.0424. The van der Waals surface area contributed by atoms with Gasteiger partial charge in [0.05, 0.1) is 10.9 Å². The van der Waals surface area contributed by atoms with Gasteiger partial charge in [0.2, 0.25) is 0 Å². The third-order valence-corrected chi connectivity index (χ3v) is 5.34. The Morgan fingerprint density at radius 2 is 1.04 bits per heavy atom. The van der Waals surface area contributed by atoms with E-state index in [1.807, 2.05) is 36.4 Å². The van der Waals surface area contributed by atoms with E-state index in [9.17, 15) is 4.79 Å². The minimum Gasteiger partial charge on any atom is -0.354 e. The fourth-order valence-corrected chi connectivity index (χ4v) is 4.28. The highest BCUT2D eigenvalue weighted by Gasteiger charge is 2.17. The molecule has 26 heavy (non-hydrogen) atoms. The van der Waals surface area contributed by atoms with Crippen LogP contribution in [0.1, 0.15) is 0 Å². The molecule has 0 saturated heterocycles. The van der Waals surface area contributed by atoms with Gasteiger partial charge in [0.15, 0.2) is 0 Å². The van der Waals surface area contributed by atoms with E-state index < -0.39 is 0 Å². The van der Waals surface area contributed by atoms with Gasteiger partial charge in [0.1, 0.15) is 0 Å². The first-order valence-electron chi connectivity index (χ1n) is 8.69. The normalized spacial score (nSPS) is 12.0. The number of nitrogens with one attached hydrogen (secondary N) is 2. The largest absolute Gasteiger partial charge is 0.354 e. The van der Waals surface area contributed by atoms with Crippen LogP contribution in [0.15, 0.2) is 77.6 Å². The van der Waals surface area contributed by atoms with Crippen molar-refractivity contribution in [3.05, 3.63) is 83.2 Å². The summed E-state index contributed by atoms with van der Waals surface area (Å²) in [6.07, 6.45) is 0. The molecule has 0 aliphatic heterocycles. The zero-order chi connectivity index (χ0) is 17.3. The zero-order valence-electron chi connectivity index (χ0n) is 13.8. The van der Waals surface area contributed by atoms with Crippen LogP contribution in [0.5, 0.6) is 0 Å². The number of aromatic amines is 2. The molecule has 0 aliphatic rings. The molecule has 0 amide bonds. The second-order valence-electron chi connectivity index (χ2n) is 6.72. The SMILES string of the molecule is O=c1[nH]c2ccccc2c2c3ccccc3c3[nH]c4ccccc4c3c12. The molecule has 2 N–H and O–H groups in total. The van der Waals surface area contributed by atoms with Crippen molar-refractivity contribution < 1.29 is 0 Å². The first-order valence-corrected chi connectivity index (χ1v) is 8.69. The molecule has 6 rings (SSSR count). The highest BCUT2D eigenvalue weighted by molar-refractivity contribution is 6.34. The summed E-state index contributed by atoms with van der Waals surface area (Å²) in [4.78, 5) is 19.7. The molecule has 0 radical (unpaired) electrons. The Labute approximate surface area is 147 Å². The fraction of sp³-hybridized carbons (Fsp3) is 0. The van der Waals surface area contributed by atoms with Crippen LogP contribution in [0.25, 0.3) is 54.3 Å². The van der Waals surface area contributed by atoms with E-state index in [4.69, 9.17) is 0 Å². The third kappa shape index (κ3) is 1.60. The van der Waals surface area contributed by atoms with E-state index >= 15 is 0 Å². The summed E-state index contributed by atoms with van der Waals surface area (Å²) in [7, 11) is 0. The van der Waals surface area contributed by atoms with E-state index in [1.165, 1.54) is 0 Å². The van der Waals surface area contributed by atoms with Gasteiger partial charge in [0.25, 0.3) is 5.56 Å². The van der Waals surface area contributed by atoms with Crippen molar-refractivity contribution in [1.82, 2.24) is 9.97 Å². The highest BCUT2D eigenvalue weighted by atomic mass is 16.1. The van der Waals surface area contributed by atoms with Crippen LogP contribution in [0, 0.1) is 0 Å². The lowest BCUT2D eigenvalue weighted by molar-refractivity contribution is 1.35. The number of aromatic nitrogens is 2. The molecule has 0 spiro atoms. The Hall–Kier alpha value is -3.59. The Balaban J connectivity index is 2.12. The molecule has 0 unspecified atom stereocenters. The lowest BCUT2D eigenvalue weighted by Crippen LogP contribution is -2.07. The molecule has 6 aromatic rings. The predicted octanol–water partition coefficient (Wildman–Crippen LogP) is 5.47. The van der Waals surface area contributed by atoms with Gasteiger partial charge >= 0.3 is 0 Å². The first-order chi connectivity index (χ1) is 12.8. The zero-order valence-corrected chi connectivity index (χ0v) is 13.8. The van der Waals surface area contributed by atoms with E-state index in [0.29, 0.717) is 0 Å². The first kappa shape index (κ1) is 13.7. The molecule has 2 aromatic heterocycles. The van der Waals surface area contributed by atoms with Crippen molar-refractivity contribution in [3.63, 3.8) is 0 Å². The van der Waals surface area contributed by atoms with Gasteiger partial charge in [-0.25, -0.2) is 0 Å². The number of hydrogen-bond acceptors (Lipinski definition) is 1. The second kappa shape index (κ2) is 4.73. The third-order valence-electron chi connectivity index (χ3n) is 5.34. The Morgan fingerprint density at radius 3 is 1.77 bits per heavy atom. The van der Waals surface area contributed by atoms with Crippen LogP contribution in [0.4, 0.5) is 0 Å². The van der Waals surface area contributed by atoms with Gasteiger partial charge in [-0.3, -0.25) is 4.79 Å². The van der Waals surface area contributed by atoms with Crippen molar-refractivity contribution >= 4 is 54.3 Å². The maximum Gasteiger partial charge on any atom is 0.257 e. The molecule has 3 nitrogen and oxygen atoms in total. The van der Waals surface area contributed by atoms with Crippen LogP contribution < -0.4 is 5.56 Å². The average molecular weight is 334 g/mol. The smallest absolute Gasteiger partial charge is 0.257 e. The summed E-state index contributed by atoms with van der Waals surface area (Å²) < 4.78 is 0. The number of hydrogen-bond donors (Lipinski definition) is 2. The number of fused-ring (bicyclic) bond motifs is 10. The maximum absolute atomic E-state index is 13.1. The Morgan fingerprint density at radius 1 is 0.500 bits per heavy atom. The standard InChI is InChI=1S/C23H14N2O/c26-23-21-19(15-9-3-6-12-18(15)25-23)13-7-1-2-8-14(13)22-20(21)16-10-4-5-11-17(16)24-22/h1-12,24H,(H,25,26). The van der Waals surface area contributed by atoms with Crippen LogP contribution in [0.3, 0.4) is 0 Å². The van der Waals surface area contributed by atoms with Crippen molar-refractivity contribution in [2.45, 2.75) is 0 Å². The van der Waals surface area contributed by atoms with E-state index in [2.05, 4.69) is 46.4 Å². The van der Waals surface area contributed by atoms with Crippen LogP contribution in [0.2, 0.25) is 0 Å². The summed E-state index contributed by atoms with van der Waals surface area (Å²) in [5.41, 5.74) is 2.90.